The average molecular weight is 349 g/mol. The lowest BCUT2D eigenvalue weighted by atomic mass is 9.77. The first kappa shape index (κ1) is 17.0. The fraction of sp³-hybridized carbons (Fsp3) is 0.250. The van der Waals surface area contributed by atoms with Gasteiger partial charge in [-0.1, -0.05) is 13.0 Å². The maximum absolute atomic E-state index is 14.4. The molecule has 0 spiro atoms. The molecule has 0 saturated heterocycles. The Labute approximate surface area is 140 Å². The third-order valence-electron chi connectivity index (χ3n) is 4.12. The maximum atomic E-state index is 14.4. The fourth-order valence-electron chi connectivity index (χ4n) is 2.76. The number of hydrogen-bond donors (Lipinski definition) is 2. The highest BCUT2D eigenvalue weighted by atomic mass is 19.1. The molecule has 25 heavy (non-hydrogen) atoms. The average Bonchev–Trinajstić information content (AvgIpc) is 3.07. The molecule has 0 radical (unpaired) electrons. The van der Waals surface area contributed by atoms with Crippen LogP contribution < -0.4 is 0 Å². The molecule has 2 N–H and O–H groups in total. The largest absolute Gasteiger partial charge is 0.384 e. The normalized spacial score (nSPS) is 14.9. The highest BCUT2D eigenvalue weighted by Crippen LogP contribution is 2.40. The van der Waals surface area contributed by atoms with Gasteiger partial charge in [0.2, 0.25) is 0 Å². The predicted octanol–water partition coefficient (Wildman–Crippen LogP) is 2.25. The van der Waals surface area contributed by atoms with E-state index in [0.29, 0.717) is 6.07 Å². The summed E-state index contributed by atoms with van der Waals surface area (Å²) in [4.78, 5) is 11.3. The van der Waals surface area contributed by atoms with Crippen LogP contribution in [0.4, 0.5) is 13.2 Å². The van der Waals surface area contributed by atoms with E-state index in [0.717, 1.165) is 24.7 Å². The van der Waals surface area contributed by atoms with Crippen LogP contribution in [0.2, 0.25) is 0 Å². The second-order valence-electron chi connectivity index (χ2n) is 5.63. The van der Waals surface area contributed by atoms with Crippen LogP contribution in [0, 0.1) is 17.5 Å². The van der Waals surface area contributed by atoms with Crippen LogP contribution in [0.5, 0.6) is 0 Å². The molecular weight excluding hydrogens is 335 g/mol. The van der Waals surface area contributed by atoms with E-state index >= 15 is 0 Å². The number of hydrogen-bond acceptors (Lipinski definition) is 5. The second kappa shape index (κ2) is 6.60. The van der Waals surface area contributed by atoms with Crippen LogP contribution >= 0.6 is 0 Å². The SMILES string of the molecule is CC(c1ncncc1F)C(O)(Cc1ncn[nH]1)c1ccc(F)cc1F. The smallest absolute Gasteiger partial charge is 0.163 e. The molecule has 3 rings (SSSR count). The topological polar surface area (TPSA) is 87.6 Å². The molecule has 0 fully saturated rings. The minimum Gasteiger partial charge on any atom is -0.384 e. The third kappa shape index (κ3) is 3.22. The quantitative estimate of drug-likeness (QED) is 0.738. The number of rotatable bonds is 5. The van der Waals surface area contributed by atoms with Crippen molar-refractivity contribution in [2.75, 3.05) is 0 Å². The number of nitrogens with one attached hydrogen (secondary N) is 1. The summed E-state index contributed by atoms with van der Waals surface area (Å²) in [6.45, 7) is 1.49. The van der Waals surface area contributed by atoms with Gasteiger partial charge in [-0.3, -0.25) is 5.10 Å². The van der Waals surface area contributed by atoms with Gasteiger partial charge in [0.15, 0.2) is 5.82 Å². The first-order chi connectivity index (χ1) is 11.9. The van der Waals surface area contributed by atoms with Gasteiger partial charge >= 0.3 is 0 Å². The Morgan fingerprint density at radius 1 is 1.16 bits per heavy atom. The molecule has 2 atom stereocenters. The zero-order valence-electron chi connectivity index (χ0n) is 13.1. The summed E-state index contributed by atoms with van der Waals surface area (Å²) in [5.41, 5.74) is -2.25. The number of aromatic nitrogens is 5. The number of H-pyrrole nitrogens is 1. The molecule has 0 bridgehead atoms. The Bertz CT molecular complexity index is 874. The molecule has 0 aliphatic rings. The predicted molar refractivity (Wildman–Crippen MR) is 80.7 cm³/mol. The van der Waals surface area contributed by atoms with Crippen LogP contribution in [-0.4, -0.2) is 30.3 Å². The Kier molecular flexibility index (Phi) is 4.49. The van der Waals surface area contributed by atoms with E-state index in [2.05, 4.69) is 25.1 Å². The number of aromatic amines is 1. The van der Waals surface area contributed by atoms with Gasteiger partial charge in [-0.25, -0.2) is 28.1 Å². The van der Waals surface area contributed by atoms with Gasteiger partial charge in [0, 0.05) is 24.0 Å². The van der Waals surface area contributed by atoms with Crippen LogP contribution in [0.3, 0.4) is 0 Å². The molecular formula is C16H14F3N5O. The molecule has 2 aromatic heterocycles. The van der Waals surface area contributed by atoms with Crippen molar-refractivity contribution >= 4 is 0 Å². The minimum atomic E-state index is -1.95. The lowest BCUT2D eigenvalue weighted by Gasteiger charge is -2.34. The Balaban J connectivity index is 2.13. The van der Waals surface area contributed by atoms with E-state index in [1.54, 1.807) is 0 Å². The second-order valence-corrected chi connectivity index (χ2v) is 5.63. The fourth-order valence-corrected chi connectivity index (χ4v) is 2.76. The van der Waals surface area contributed by atoms with Gasteiger partial charge in [-0.05, 0) is 6.07 Å². The molecule has 0 saturated carbocycles. The summed E-state index contributed by atoms with van der Waals surface area (Å²) in [5, 5.41) is 17.6. The van der Waals surface area contributed by atoms with E-state index in [4.69, 9.17) is 0 Å². The summed E-state index contributed by atoms with van der Waals surface area (Å²) in [6, 6.07) is 2.80. The third-order valence-corrected chi connectivity index (χ3v) is 4.12. The summed E-state index contributed by atoms with van der Waals surface area (Å²) in [5.74, 6) is -3.21. The van der Waals surface area contributed by atoms with Gasteiger partial charge in [0.05, 0.1) is 11.9 Å². The van der Waals surface area contributed by atoms with Crippen LogP contribution in [0.25, 0.3) is 0 Å². The van der Waals surface area contributed by atoms with Crippen molar-refractivity contribution < 1.29 is 18.3 Å². The molecule has 9 heteroatoms. The van der Waals surface area contributed by atoms with Crippen LogP contribution in [0.15, 0.2) is 37.1 Å². The highest BCUT2D eigenvalue weighted by Gasteiger charge is 2.41. The number of nitrogens with zero attached hydrogens (tertiary/aromatic N) is 4. The van der Waals surface area contributed by atoms with Crippen molar-refractivity contribution in [1.82, 2.24) is 25.1 Å². The molecule has 130 valence electrons. The van der Waals surface area contributed by atoms with E-state index in [1.807, 2.05) is 0 Å². The zero-order valence-corrected chi connectivity index (χ0v) is 13.1. The van der Waals surface area contributed by atoms with Crippen molar-refractivity contribution in [2.45, 2.75) is 24.9 Å². The number of aliphatic hydroxyl groups is 1. The Hall–Kier alpha value is -2.81. The molecule has 0 aliphatic heterocycles. The minimum absolute atomic E-state index is 0.0965. The van der Waals surface area contributed by atoms with E-state index in [1.165, 1.54) is 13.3 Å². The molecule has 0 aliphatic carbocycles. The van der Waals surface area contributed by atoms with Gasteiger partial charge in [-0.2, -0.15) is 5.10 Å². The Morgan fingerprint density at radius 3 is 2.60 bits per heavy atom. The highest BCUT2D eigenvalue weighted by molar-refractivity contribution is 5.31. The number of halogens is 3. The summed E-state index contributed by atoms with van der Waals surface area (Å²) in [6.07, 6.45) is 3.10. The molecule has 2 heterocycles. The van der Waals surface area contributed by atoms with Crippen LogP contribution in [-0.2, 0) is 12.0 Å². The van der Waals surface area contributed by atoms with Crippen LogP contribution in [0.1, 0.15) is 29.9 Å². The zero-order chi connectivity index (χ0) is 18.0. The summed E-state index contributed by atoms with van der Waals surface area (Å²) < 4.78 is 41.8. The lowest BCUT2D eigenvalue weighted by Crippen LogP contribution is -2.37. The standard InChI is InChI=1S/C16H14F3N5O/c1-9(15-13(19)6-20-7-22-15)16(25,5-14-21-8-23-24-14)11-3-2-10(17)4-12(11)18/h2-4,6-9,25H,5H2,1H3,(H,21,23,24). The van der Waals surface area contributed by atoms with Gasteiger partial charge in [-0.15, -0.1) is 0 Å². The first-order valence-electron chi connectivity index (χ1n) is 7.39. The van der Waals surface area contributed by atoms with Crippen molar-refractivity contribution in [3.63, 3.8) is 0 Å². The van der Waals surface area contributed by atoms with Gasteiger partial charge in [0.1, 0.15) is 35.7 Å². The first-order valence-corrected chi connectivity index (χ1v) is 7.39. The monoisotopic (exact) mass is 349 g/mol. The van der Waals surface area contributed by atoms with Gasteiger partial charge in [0.25, 0.3) is 0 Å². The molecule has 2 unspecified atom stereocenters. The van der Waals surface area contributed by atoms with Crippen molar-refractivity contribution in [1.29, 1.82) is 0 Å². The summed E-state index contributed by atoms with van der Waals surface area (Å²) in [7, 11) is 0. The molecule has 6 nitrogen and oxygen atoms in total. The van der Waals surface area contributed by atoms with Gasteiger partial charge < -0.3 is 5.11 Å². The molecule has 3 aromatic rings. The van der Waals surface area contributed by atoms with Crippen molar-refractivity contribution in [3.05, 3.63) is 71.6 Å². The van der Waals surface area contributed by atoms with Crippen molar-refractivity contribution in [2.24, 2.45) is 0 Å². The maximum Gasteiger partial charge on any atom is 0.163 e. The van der Waals surface area contributed by atoms with Crippen molar-refractivity contribution in [3.8, 4) is 0 Å². The lowest BCUT2D eigenvalue weighted by molar-refractivity contribution is 0.00504. The number of benzene rings is 1. The van der Waals surface area contributed by atoms with E-state index in [-0.39, 0.29) is 23.5 Å². The summed E-state index contributed by atoms with van der Waals surface area (Å²) >= 11 is 0. The van der Waals surface area contributed by atoms with E-state index in [9.17, 15) is 18.3 Å². The Morgan fingerprint density at radius 2 is 1.96 bits per heavy atom. The van der Waals surface area contributed by atoms with E-state index < -0.39 is 29.0 Å². The molecule has 0 amide bonds. The molecule has 1 aromatic carbocycles.